The minimum absolute atomic E-state index is 0. The van der Waals surface area contributed by atoms with Crippen LogP contribution in [-0.2, 0) is 6.54 Å². The number of aliphatic imine (C=N–C) groups is 1. The number of hydrogen-bond donors (Lipinski definition) is 3. The maximum absolute atomic E-state index is 10.0. The normalized spacial score (nSPS) is 12.3. The van der Waals surface area contributed by atoms with Gasteiger partial charge < -0.3 is 30.1 Å². The molecular formula is C20H37IN4O3. The van der Waals surface area contributed by atoms with Gasteiger partial charge in [-0.05, 0) is 57.1 Å². The van der Waals surface area contributed by atoms with E-state index in [1.807, 2.05) is 0 Å². The van der Waals surface area contributed by atoms with E-state index in [0.717, 1.165) is 44.0 Å². The molecule has 0 fully saturated rings. The standard InChI is InChI=1S/C20H36N4O3.HI/c1-7-24(8-2)11-9-10-15(3)23-20(21-4)22-14-16-12-17(26-5)19(25)18(13-16)27-6;/h12-13,15,25H,7-11,14H2,1-6H3,(H2,21,22,23);1H. The number of methoxy groups -OCH3 is 2. The molecule has 0 aliphatic carbocycles. The van der Waals surface area contributed by atoms with Crippen LogP contribution in [0, 0.1) is 0 Å². The van der Waals surface area contributed by atoms with E-state index in [9.17, 15) is 5.11 Å². The average Bonchev–Trinajstić information content (AvgIpc) is 2.69. The highest BCUT2D eigenvalue weighted by Crippen LogP contribution is 2.36. The number of phenols is 1. The first-order valence-corrected chi connectivity index (χ1v) is 9.62. The number of benzene rings is 1. The molecule has 0 amide bonds. The van der Waals surface area contributed by atoms with Crippen LogP contribution in [-0.4, -0.2) is 62.9 Å². The van der Waals surface area contributed by atoms with Gasteiger partial charge in [-0.1, -0.05) is 13.8 Å². The molecule has 1 atom stereocenters. The molecule has 1 aromatic carbocycles. The van der Waals surface area contributed by atoms with Crippen molar-refractivity contribution in [2.45, 2.75) is 46.2 Å². The molecule has 0 radical (unpaired) electrons. The molecule has 0 bridgehead atoms. The Hall–Kier alpha value is -1.42. The highest BCUT2D eigenvalue weighted by Gasteiger charge is 2.12. The molecule has 7 nitrogen and oxygen atoms in total. The predicted molar refractivity (Wildman–Crippen MR) is 126 cm³/mol. The summed E-state index contributed by atoms with van der Waals surface area (Å²) in [4.78, 5) is 6.73. The summed E-state index contributed by atoms with van der Waals surface area (Å²) in [5.41, 5.74) is 0.929. The molecule has 0 saturated heterocycles. The fourth-order valence-electron chi connectivity index (χ4n) is 2.90. The van der Waals surface area contributed by atoms with Gasteiger partial charge in [0.25, 0.3) is 0 Å². The Morgan fingerprint density at radius 3 is 2.21 bits per heavy atom. The Kier molecular flexibility index (Phi) is 13.8. The van der Waals surface area contributed by atoms with E-state index in [1.54, 1.807) is 19.2 Å². The molecule has 1 rings (SSSR count). The van der Waals surface area contributed by atoms with Gasteiger partial charge in [0.05, 0.1) is 14.2 Å². The average molecular weight is 508 g/mol. The molecular weight excluding hydrogens is 471 g/mol. The summed E-state index contributed by atoms with van der Waals surface area (Å²) in [6.07, 6.45) is 2.23. The summed E-state index contributed by atoms with van der Waals surface area (Å²) >= 11 is 0. The number of rotatable bonds is 11. The van der Waals surface area contributed by atoms with Crippen molar-refractivity contribution in [2.24, 2.45) is 4.99 Å². The first-order valence-electron chi connectivity index (χ1n) is 9.62. The SMILES string of the molecule is CCN(CC)CCCC(C)NC(=NC)NCc1cc(OC)c(O)c(OC)c1.I. The molecule has 0 spiro atoms. The highest BCUT2D eigenvalue weighted by atomic mass is 127. The van der Waals surface area contributed by atoms with Crippen LogP contribution >= 0.6 is 24.0 Å². The lowest BCUT2D eigenvalue weighted by Crippen LogP contribution is -2.42. The second-order valence-electron chi connectivity index (χ2n) is 6.49. The summed E-state index contributed by atoms with van der Waals surface area (Å²) in [6.45, 7) is 10.4. The zero-order chi connectivity index (χ0) is 20.2. The van der Waals surface area contributed by atoms with Gasteiger partial charge in [0.1, 0.15) is 0 Å². The minimum Gasteiger partial charge on any atom is -0.502 e. The van der Waals surface area contributed by atoms with E-state index in [2.05, 4.69) is 41.3 Å². The number of hydrogen-bond acceptors (Lipinski definition) is 5. The van der Waals surface area contributed by atoms with Crippen LogP contribution in [0.4, 0.5) is 0 Å². The van der Waals surface area contributed by atoms with E-state index < -0.39 is 0 Å². The van der Waals surface area contributed by atoms with Crippen molar-refractivity contribution < 1.29 is 14.6 Å². The maximum Gasteiger partial charge on any atom is 0.200 e. The van der Waals surface area contributed by atoms with E-state index in [0.29, 0.717) is 24.1 Å². The van der Waals surface area contributed by atoms with Crippen molar-refractivity contribution in [1.82, 2.24) is 15.5 Å². The van der Waals surface area contributed by atoms with Crippen molar-refractivity contribution in [1.29, 1.82) is 0 Å². The number of phenolic OH excluding ortho intramolecular Hbond substituents is 1. The molecule has 1 aromatic rings. The van der Waals surface area contributed by atoms with Gasteiger partial charge in [-0.2, -0.15) is 0 Å². The Morgan fingerprint density at radius 2 is 1.75 bits per heavy atom. The topological polar surface area (TPSA) is 78.4 Å². The largest absolute Gasteiger partial charge is 0.502 e. The fraction of sp³-hybridized carbons (Fsp3) is 0.650. The molecule has 162 valence electrons. The lowest BCUT2D eigenvalue weighted by molar-refractivity contribution is 0.292. The van der Waals surface area contributed by atoms with Crippen LogP contribution in [0.5, 0.6) is 17.2 Å². The molecule has 3 N–H and O–H groups in total. The first-order chi connectivity index (χ1) is 13.0. The monoisotopic (exact) mass is 508 g/mol. The van der Waals surface area contributed by atoms with Gasteiger partial charge in [-0.3, -0.25) is 4.99 Å². The van der Waals surface area contributed by atoms with Crippen LogP contribution in [0.25, 0.3) is 0 Å². The number of ether oxygens (including phenoxy) is 2. The second kappa shape index (κ2) is 14.6. The molecule has 0 heterocycles. The minimum atomic E-state index is 0. The Labute approximate surface area is 186 Å². The summed E-state index contributed by atoms with van der Waals surface area (Å²) in [5, 5.41) is 16.7. The van der Waals surface area contributed by atoms with Gasteiger partial charge >= 0.3 is 0 Å². The summed E-state index contributed by atoms with van der Waals surface area (Å²) in [6, 6.07) is 3.90. The third-order valence-corrected chi connectivity index (χ3v) is 4.61. The summed E-state index contributed by atoms with van der Waals surface area (Å²) < 4.78 is 10.4. The predicted octanol–water partition coefficient (Wildman–Crippen LogP) is 3.20. The van der Waals surface area contributed by atoms with Gasteiger partial charge in [0.2, 0.25) is 5.75 Å². The van der Waals surface area contributed by atoms with Crippen LogP contribution in [0.3, 0.4) is 0 Å². The van der Waals surface area contributed by atoms with Gasteiger partial charge in [0, 0.05) is 19.6 Å². The van der Waals surface area contributed by atoms with Gasteiger partial charge in [0.15, 0.2) is 17.5 Å². The maximum atomic E-state index is 10.0. The number of halogens is 1. The molecule has 8 heteroatoms. The quantitative estimate of drug-likeness (QED) is 0.242. The Bertz CT molecular complexity index is 570. The molecule has 28 heavy (non-hydrogen) atoms. The van der Waals surface area contributed by atoms with Crippen molar-refractivity contribution in [3.05, 3.63) is 17.7 Å². The highest BCUT2D eigenvalue weighted by molar-refractivity contribution is 14.0. The molecule has 0 aromatic heterocycles. The van der Waals surface area contributed by atoms with E-state index >= 15 is 0 Å². The zero-order valence-electron chi connectivity index (χ0n) is 18.0. The Balaban J connectivity index is 0.00000729. The summed E-state index contributed by atoms with van der Waals surface area (Å²) in [7, 11) is 4.80. The molecule has 0 saturated carbocycles. The molecule has 1 unspecified atom stereocenters. The second-order valence-corrected chi connectivity index (χ2v) is 6.49. The van der Waals surface area contributed by atoms with Gasteiger partial charge in [-0.15, -0.1) is 24.0 Å². The van der Waals surface area contributed by atoms with E-state index in [-0.39, 0.29) is 29.7 Å². The number of nitrogens with one attached hydrogen (secondary N) is 2. The number of nitrogens with zero attached hydrogens (tertiary/aromatic N) is 2. The lowest BCUT2D eigenvalue weighted by Gasteiger charge is -2.21. The van der Waals surface area contributed by atoms with Crippen molar-refractivity contribution >= 4 is 29.9 Å². The van der Waals surface area contributed by atoms with E-state index in [4.69, 9.17) is 9.47 Å². The lowest BCUT2D eigenvalue weighted by atomic mass is 10.1. The molecule has 0 aliphatic heterocycles. The van der Waals surface area contributed by atoms with Crippen LogP contribution in [0.1, 0.15) is 39.2 Å². The van der Waals surface area contributed by atoms with E-state index in [1.165, 1.54) is 14.2 Å². The van der Waals surface area contributed by atoms with Crippen LogP contribution in [0.15, 0.2) is 17.1 Å². The fourth-order valence-corrected chi connectivity index (χ4v) is 2.90. The number of aromatic hydroxyl groups is 1. The smallest absolute Gasteiger partial charge is 0.200 e. The summed E-state index contributed by atoms with van der Waals surface area (Å²) in [5.74, 6) is 1.53. The third kappa shape index (κ3) is 8.72. The Morgan fingerprint density at radius 1 is 1.18 bits per heavy atom. The first kappa shape index (κ1) is 26.6. The van der Waals surface area contributed by atoms with Crippen LogP contribution in [0.2, 0.25) is 0 Å². The van der Waals surface area contributed by atoms with Crippen molar-refractivity contribution in [3.63, 3.8) is 0 Å². The number of guanidine groups is 1. The van der Waals surface area contributed by atoms with Gasteiger partial charge in [-0.25, -0.2) is 0 Å². The molecule has 0 aliphatic rings. The van der Waals surface area contributed by atoms with Crippen molar-refractivity contribution in [3.8, 4) is 17.2 Å². The third-order valence-electron chi connectivity index (χ3n) is 4.61. The van der Waals surface area contributed by atoms with Crippen LogP contribution < -0.4 is 20.1 Å². The van der Waals surface area contributed by atoms with Crippen molar-refractivity contribution in [2.75, 3.05) is 40.9 Å². The zero-order valence-corrected chi connectivity index (χ0v) is 20.4.